The Bertz CT molecular complexity index is 573. The maximum absolute atomic E-state index is 3.45. The molecule has 148 valence electrons. The van der Waals surface area contributed by atoms with Crippen LogP contribution in [0.4, 0.5) is 11.4 Å². The van der Waals surface area contributed by atoms with Crippen molar-refractivity contribution >= 4 is 11.4 Å². The Labute approximate surface area is 167 Å². The van der Waals surface area contributed by atoms with Gasteiger partial charge in [-0.15, -0.1) is 0 Å². The molecule has 2 aromatic rings. The van der Waals surface area contributed by atoms with Gasteiger partial charge in [-0.2, -0.15) is 0 Å². The van der Waals surface area contributed by atoms with Gasteiger partial charge in [0.15, 0.2) is 0 Å². The van der Waals surface area contributed by atoms with E-state index in [2.05, 4.69) is 60.8 Å². The third-order valence-corrected chi connectivity index (χ3v) is 5.34. The SMILES string of the molecule is CCCCCCCCCCCCCCc1ccc(Nc2ccccc2)cc1. The van der Waals surface area contributed by atoms with Crippen LogP contribution in [0.2, 0.25) is 0 Å². The Hall–Kier alpha value is -1.76. The zero-order valence-corrected chi connectivity index (χ0v) is 17.4. The van der Waals surface area contributed by atoms with Crippen LogP contribution in [0.1, 0.15) is 89.5 Å². The van der Waals surface area contributed by atoms with E-state index in [1.165, 1.54) is 94.7 Å². The third-order valence-electron chi connectivity index (χ3n) is 5.34. The Morgan fingerprint density at radius 3 is 1.56 bits per heavy atom. The van der Waals surface area contributed by atoms with Crippen LogP contribution < -0.4 is 5.32 Å². The minimum Gasteiger partial charge on any atom is -0.356 e. The van der Waals surface area contributed by atoms with Crippen molar-refractivity contribution < 1.29 is 0 Å². The molecule has 0 spiro atoms. The number of benzene rings is 2. The first-order valence-electron chi connectivity index (χ1n) is 11.3. The van der Waals surface area contributed by atoms with Crippen molar-refractivity contribution in [3.05, 3.63) is 60.2 Å². The second-order valence-corrected chi connectivity index (χ2v) is 7.83. The number of hydrogen-bond donors (Lipinski definition) is 1. The average Bonchev–Trinajstić information content (AvgIpc) is 2.71. The molecule has 0 heterocycles. The van der Waals surface area contributed by atoms with Crippen molar-refractivity contribution in [3.8, 4) is 0 Å². The van der Waals surface area contributed by atoms with Crippen LogP contribution in [-0.2, 0) is 6.42 Å². The summed E-state index contributed by atoms with van der Waals surface area (Å²) in [6.45, 7) is 2.29. The van der Waals surface area contributed by atoms with Crippen LogP contribution in [0.3, 0.4) is 0 Å². The zero-order chi connectivity index (χ0) is 19.0. The molecule has 0 bridgehead atoms. The van der Waals surface area contributed by atoms with Gasteiger partial charge in [0.25, 0.3) is 0 Å². The predicted molar refractivity (Wildman–Crippen MR) is 121 cm³/mol. The number of aryl methyl sites for hydroxylation is 1. The van der Waals surface area contributed by atoms with Gasteiger partial charge in [0.2, 0.25) is 0 Å². The van der Waals surface area contributed by atoms with E-state index in [0.717, 1.165) is 5.69 Å². The van der Waals surface area contributed by atoms with Crippen molar-refractivity contribution in [2.24, 2.45) is 0 Å². The normalized spacial score (nSPS) is 10.9. The first-order valence-corrected chi connectivity index (χ1v) is 11.3. The highest BCUT2D eigenvalue weighted by atomic mass is 14.9. The molecule has 0 aliphatic heterocycles. The van der Waals surface area contributed by atoms with Gasteiger partial charge >= 0.3 is 0 Å². The molecule has 2 rings (SSSR count). The molecule has 0 saturated heterocycles. The summed E-state index contributed by atoms with van der Waals surface area (Å²) in [5.74, 6) is 0. The molecule has 0 aromatic heterocycles. The minimum atomic E-state index is 1.14. The summed E-state index contributed by atoms with van der Waals surface area (Å²) in [4.78, 5) is 0. The lowest BCUT2D eigenvalue weighted by Gasteiger charge is -2.07. The first kappa shape index (κ1) is 21.5. The van der Waals surface area contributed by atoms with Crippen LogP contribution in [0, 0.1) is 0 Å². The number of para-hydroxylation sites is 1. The molecule has 2 aromatic carbocycles. The molecule has 0 radical (unpaired) electrons. The lowest BCUT2D eigenvalue weighted by molar-refractivity contribution is 0.544. The summed E-state index contributed by atoms with van der Waals surface area (Å²) in [7, 11) is 0. The van der Waals surface area contributed by atoms with Gasteiger partial charge in [0.05, 0.1) is 0 Å². The third kappa shape index (κ3) is 10.2. The average molecular weight is 366 g/mol. The van der Waals surface area contributed by atoms with Crippen molar-refractivity contribution in [2.45, 2.75) is 90.4 Å². The van der Waals surface area contributed by atoms with Gasteiger partial charge < -0.3 is 5.32 Å². The summed E-state index contributed by atoms with van der Waals surface area (Å²) in [5, 5.41) is 3.45. The van der Waals surface area contributed by atoms with E-state index in [4.69, 9.17) is 0 Å². The fraction of sp³-hybridized carbons (Fsp3) is 0.538. The molecule has 0 unspecified atom stereocenters. The number of hydrogen-bond acceptors (Lipinski definition) is 1. The van der Waals surface area contributed by atoms with E-state index in [-0.39, 0.29) is 0 Å². The molecule has 1 nitrogen and oxygen atoms in total. The maximum Gasteiger partial charge on any atom is 0.0384 e. The van der Waals surface area contributed by atoms with E-state index < -0.39 is 0 Å². The van der Waals surface area contributed by atoms with Crippen molar-refractivity contribution in [2.75, 3.05) is 5.32 Å². The van der Waals surface area contributed by atoms with E-state index >= 15 is 0 Å². The second-order valence-electron chi connectivity index (χ2n) is 7.83. The van der Waals surface area contributed by atoms with Crippen LogP contribution in [0.5, 0.6) is 0 Å². The highest BCUT2D eigenvalue weighted by molar-refractivity contribution is 5.59. The molecule has 0 saturated carbocycles. The molecule has 27 heavy (non-hydrogen) atoms. The smallest absolute Gasteiger partial charge is 0.0384 e. The Morgan fingerprint density at radius 1 is 0.519 bits per heavy atom. The van der Waals surface area contributed by atoms with Crippen LogP contribution in [0.25, 0.3) is 0 Å². The monoisotopic (exact) mass is 365 g/mol. The second kappa shape index (κ2) is 14.3. The van der Waals surface area contributed by atoms with E-state index in [9.17, 15) is 0 Å². The highest BCUT2D eigenvalue weighted by Crippen LogP contribution is 2.18. The molecule has 0 fully saturated rings. The molecular weight excluding hydrogens is 326 g/mol. The molecule has 0 amide bonds. The first-order chi connectivity index (χ1) is 13.4. The fourth-order valence-corrected chi connectivity index (χ4v) is 3.61. The highest BCUT2D eigenvalue weighted by Gasteiger charge is 1.97. The van der Waals surface area contributed by atoms with Crippen molar-refractivity contribution in [3.63, 3.8) is 0 Å². The lowest BCUT2D eigenvalue weighted by atomic mass is 10.0. The standard InChI is InChI=1S/C26H39N/c1-2-3-4-5-6-7-8-9-10-11-12-14-17-24-20-22-26(23-21-24)27-25-18-15-13-16-19-25/h13,15-16,18-23,27H,2-12,14,17H2,1H3. The van der Waals surface area contributed by atoms with E-state index in [1.807, 2.05) is 6.07 Å². The molecule has 0 atom stereocenters. The largest absolute Gasteiger partial charge is 0.356 e. The molecule has 0 aliphatic carbocycles. The Kier molecular flexibility index (Phi) is 11.4. The van der Waals surface area contributed by atoms with Gasteiger partial charge in [-0.05, 0) is 42.7 Å². The Morgan fingerprint density at radius 2 is 1.00 bits per heavy atom. The van der Waals surface area contributed by atoms with Crippen LogP contribution in [-0.4, -0.2) is 0 Å². The zero-order valence-electron chi connectivity index (χ0n) is 17.4. The number of nitrogens with one attached hydrogen (secondary N) is 1. The fourth-order valence-electron chi connectivity index (χ4n) is 3.61. The molecule has 1 heteroatoms. The summed E-state index contributed by atoms with van der Waals surface area (Å²) >= 11 is 0. The maximum atomic E-state index is 3.45. The number of rotatable bonds is 15. The van der Waals surface area contributed by atoms with Crippen molar-refractivity contribution in [1.82, 2.24) is 0 Å². The quantitative estimate of drug-likeness (QED) is 0.311. The lowest BCUT2D eigenvalue weighted by Crippen LogP contribution is -1.91. The summed E-state index contributed by atoms with van der Waals surface area (Å²) < 4.78 is 0. The Balaban J connectivity index is 1.46. The van der Waals surface area contributed by atoms with Gasteiger partial charge in [0.1, 0.15) is 0 Å². The molecule has 0 aliphatic rings. The van der Waals surface area contributed by atoms with Gasteiger partial charge in [-0.25, -0.2) is 0 Å². The van der Waals surface area contributed by atoms with E-state index in [0.29, 0.717) is 0 Å². The van der Waals surface area contributed by atoms with Crippen molar-refractivity contribution in [1.29, 1.82) is 0 Å². The molecular formula is C26H39N. The van der Waals surface area contributed by atoms with Gasteiger partial charge in [-0.3, -0.25) is 0 Å². The summed E-state index contributed by atoms with van der Waals surface area (Å²) in [6.07, 6.45) is 18.2. The topological polar surface area (TPSA) is 12.0 Å². The van der Waals surface area contributed by atoms with Gasteiger partial charge in [-0.1, -0.05) is 108 Å². The van der Waals surface area contributed by atoms with Gasteiger partial charge in [0, 0.05) is 11.4 Å². The minimum absolute atomic E-state index is 1.14. The predicted octanol–water partition coefficient (Wildman–Crippen LogP) is 8.67. The number of anilines is 2. The summed E-state index contributed by atoms with van der Waals surface area (Å²) in [5.41, 5.74) is 3.77. The van der Waals surface area contributed by atoms with Crippen LogP contribution in [0.15, 0.2) is 54.6 Å². The summed E-state index contributed by atoms with van der Waals surface area (Å²) in [6, 6.07) is 19.3. The number of unbranched alkanes of at least 4 members (excludes halogenated alkanes) is 11. The molecule has 1 N–H and O–H groups in total. The van der Waals surface area contributed by atoms with E-state index in [1.54, 1.807) is 0 Å². The van der Waals surface area contributed by atoms with Crippen LogP contribution >= 0.6 is 0 Å².